The summed E-state index contributed by atoms with van der Waals surface area (Å²) in [5.41, 5.74) is 2.00. The van der Waals surface area contributed by atoms with Crippen molar-refractivity contribution in [1.29, 1.82) is 0 Å². The van der Waals surface area contributed by atoms with E-state index in [2.05, 4.69) is 15.0 Å². The van der Waals surface area contributed by atoms with Crippen LogP contribution < -0.4 is 4.90 Å². The quantitative estimate of drug-likeness (QED) is 0.287. The molecule has 3 heterocycles. The lowest BCUT2D eigenvalue weighted by molar-refractivity contribution is 0.0376. The normalized spacial score (nSPS) is 14.1. The van der Waals surface area contributed by atoms with Gasteiger partial charge in [0.1, 0.15) is 22.8 Å². The van der Waals surface area contributed by atoms with Crippen LogP contribution in [0.4, 0.5) is 9.52 Å². The second-order valence-corrected chi connectivity index (χ2v) is 9.73. The number of morpholine rings is 1. The van der Waals surface area contributed by atoms with E-state index in [1.807, 2.05) is 12.1 Å². The molecule has 0 unspecified atom stereocenters. The zero-order valence-electron chi connectivity index (χ0n) is 19.6. The Balaban J connectivity index is 0.00000304. The Bertz CT molecular complexity index is 1360. The van der Waals surface area contributed by atoms with Gasteiger partial charge < -0.3 is 9.26 Å². The Kier molecular flexibility index (Phi) is 8.58. The summed E-state index contributed by atoms with van der Waals surface area (Å²) < 4.78 is 25.4. The molecule has 5 rings (SSSR count). The number of carbonyl (C=O) groups is 1. The van der Waals surface area contributed by atoms with E-state index >= 15 is 0 Å². The number of benzene rings is 2. The second-order valence-electron chi connectivity index (χ2n) is 8.32. The summed E-state index contributed by atoms with van der Waals surface area (Å²) in [6, 6.07) is 11.6. The van der Waals surface area contributed by atoms with Crippen LogP contribution >= 0.6 is 35.3 Å². The number of hydrogen-bond acceptors (Lipinski definition) is 7. The molecular formula is C25H25Cl2FN4O3S. The van der Waals surface area contributed by atoms with Gasteiger partial charge in [0.05, 0.1) is 28.5 Å². The van der Waals surface area contributed by atoms with E-state index in [4.69, 9.17) is 20.9 Å². The molecule has 0 atom stereocenters. The molecule has 11 heteroatoms. The number of rotatable bonds is 7. The summed E-state index contributed by atoms with van der Waals surface area (Å²) >= 11 is 7.70. The van der Waals surface area contributed by atoms with E-state index in [1.54, 1.807) is 30.0 Å². The molecule has 190 valence electrons. The van der Waals surface area contributed by atoms with Crippen molar-refractivity contribution in [2.24, 2.45) is 0 Å². The van der Waals surface area contributed by atoms with E-state index < -0.39 is 0 Å². The van der Waals surface area contributed by atoms with E-state index in [0.29, 0.717) is 62.7 Å². The topological polar surface area (TPSA) is 71.7 Å². The predicted octanol–water partition coefficient (Wildman–Crippen LogP) is 5.84. The Hall–Kier alpha value is -2.56. The van der Waals surface area contributed by atoms with Crippen LogP contribution in [0.25, 0.3) is 21.5 Å². The van der Waals surface area contributed by atoms with Gasteiger partial charge in [-0.3, -0.25) is 14.6 Å². The minimum atomic E-state index is -0.339. The third-order valence-corrected chi connectivity index (χ3v) is 7.35. The molecule has 1 aliphatic heterocycles. The number of fused-ring (bicyclic) bond motifs is 1. The monoisotopic (exact) mass is 550 g/mol. The molecule has 0 aliphatic carbocycles. The summed E-state index contributed by atoms with van der Waals surface area (Å²) in [6.45, 7) is 6.14. The van der Waals surface area contributed by atoms with Gasteiger partial charge in [0.15, 0.2) is 5.13 Å². The molecule has 1 amide bonds. The van der Waals surface area contributed by atoms with Gasteiger partial charge in [-0.05, 0) is 37.6 Å². The molecule has 7 nitrogen and oxygen atoms in total. The highest BCUT2D eigenvalue weighted by atomic mass is 35.5. The molecule has 2 aromatic carbocycles. The minimum Gasteiger partial charge on any atom is -0.379 e. The number of amides is 1. The molecule has 0 N–H and O–H groups in total. The highest BCUT2D eigenvalue weighted by Gasteiger charge is 2.29. The van der Waals surface area contributed by atoms with Crippen molar-refractivity contribution >= 4 is 56.6 Å². The number of anilines is 1. The Labute approximate surface area is 223 Å². The van der Waals surface area contributed by atoms with Crippen LogP contribution in [0, 0.1) is 12.7 Å². The van der Waals surface area contributed by atoms with Crippen LogP contribution in [0.3, 0.4) is 0 Å². The summed E-state index contributed by atoms with van der Waals surface area (Å²) in [7, 11) is 0. The molecule has 1 aliphatic rings. The number of thiazole rings is 1. The van der Waals surface area contributed by atoms with Gasteiger partial charge in [0.25, 0.3) is 5.91 Å². The van der Waals surface area contributed by atoms with E-state index in [1.165, 1.54) is 23.5 Å². The predicted molar refractivity (Wildman–Crippen MR) is 142 cm³/mol. The van der Waals surface area contributed by atoms with E-state index in [0.717, 1.165) is 26.1 Å². The second kappa shape index (κ2) is 11.7. The molecule has 0 spiro atoms. The fraction of sp³-hybridized carbons (Fsp3) is 0.320. The number of nitrogens with zero attached hydrogens (tertiary/aromatic N) is 4. The fourth-order valence-electron chi connectivity index (χ4n) is 4.16. The van der Waals surface area contributed by atoms with Crippen molar-refractivity contribution < 1.29 is 18.4 Å². The van der Waals surface area contributed by atoms with E-state index in [9.17, 15) is 9.18 Å². The number of ether oxygens (including phenoxy) is 1. The summed E-state index contributed by atoms with van der Waals surface area (Å²) in [4.78, 5) is 22.6. The van der Waals surface area contributed by atoms with Crippen LogP contribution in [-0.2, 0) is 4.74 Å². The molecule has 2 aromatic heterocycles. The number of halogens is 3. The average molecular weight is 551 g/mol. The summed E-state index contributed by atoms with van der Waals surface area (Å²) in [5.74, 6) is -0.218. The first-order valence-electron chi connectivity index (χ1n) is 11.4. The molecule has 36 heavy (non-hydrogen) atoms. The van der Waals surface area contributed by atoms with Gasteiger partial charge >= 0.3 is 0 Å². The van der Waals surface area contributed by atoms with Crippen LogP contribution in [-0.4, -0.2) is 60.3 Å². The van der Waals surface area contributed by atoms with Gasteiger partial charge in [-0.2, -0.15) is 0 Å². The van der Waals surface area contributed by atoms with Gasteiger partial charge in [0, 0.05) is 31.7 Å². The van der Waals surface area contributed by atoms with Crippen molar-refractivity contribution in [1.82, 2.24) is 15.0 Å². The maximum atomic E-state index is 14.0. The largest absolute Gasteiger partial charge is 0.379 e. The van der Waals surface area contributed by atoms with Crippen molar-refractivity contribution in [2.45, 2.75) is 13.3 Å². The number of carbonyl (C=O) groups excluding carboxylic acids is 1. The molecule has 1 saturated heterocycles. The Morgan fingerprint density at radius 1 is 1.22 bits per heavy atom. The van der Waals surface area contributed by atoms with Crippen LogP contribution in [0.5, 0.6) is 0 Å². The number of hydrogen-bond donors (Lipinski definition) is 0. The standard InChI is InChI=1S/C25H24ClFN4O3S.ClH/c1-16-22(23(29-34-16)18-5-2-3-6-19(18)26)24(32)31(10-4-9-30-11-13-33-14-12-30)25-28-20-8-7-17(27)15-21(20)35-25;/h2-3,5-8,15H,4,9-14H2,1H3;1H. The maximum absolute atomic E-state index is 14.0. The van der Waals surface area contributed by atoms with Gasteiger partial charge in [-0.15, -0.1) is 12.4 Å². The zero-order chi connectivity index (χ0) is 24.4. The number of aromatic nitrogens is 2. The van der Waals surface area contributed by atoms with Crippen LogP contribution in [0.2, 0.25) is 5.02 Å². The Morgan fingerprint density at radius 3 is 2.78 bits per heavy atom. The highest BCUT2D eigenvalue weighted by Crippen LogP contribution is 2.35. The average Bonchev–Trinajstić information content (AvgIpc) is 3.45. The van der Waals surface area contributed by atoms with Gasteiger partial charge in [-0.25, -0.2) is 9.37 Å². The molecule has 0 saturated carbocycles. The summed E-state index contributed by atoms with van der Waals surface area (Å²) in [5, 5.41) is 5.14. The van der Waals surface area contributed by atoms with Gasteiger partial charge in [-0.1, -0.05) is 46.3 Å². The molecule has 0 bridgehead atoms. The molecule has 0 radical (unpaired) electrons. The lowest BCUT2D eigenvalue weighted by Gasteiger charge is -2.27. The zero-order valence-corrected chi connectivity index (χ0v) is 22.0. The first-order chi connectivity index (χ1) is 17.0. The third-order valence-electron chi connectivity index (χ3n) is 5.98. The first-order valence-corrected chi connectivity index (χ1v) is 12.6. The molecule has 4 aromatic rings. The van der Waals surface area contributed by atoms with Crippen molar-refractivity contribution in [2.75, 3.05) is 44.3 Å². The van der Waals surface area contributed by atoms with Crippen molar-refractivity contribution in [3.8, 4) is 11.3 Å². The molecule has 1 fully saturated rings. The minimum absolute atomic E-state index is 0. The SMILES string of the molecule is Cc1onc(-c2ccccc2Cl)c1C(=O)N(CCCN1CCOCC1)c1nc2ccc(F)cc2s1.Cl. The summed E-state index contributed by atoms with van der Waals surface area (Å²) in [6.07, 6.45) is 0.738. The van der Waals surface area contributed by atoms with E-state index in [-0.39, 0.29) is 24.1 Å². The third kappa shape index (κ3) is 5.55. The van der Waals surface area contributed by atoms with Crippen molar-refractivity contribution in [3.05, 3.63) is 64.6 Å². The van der Waals surface area contributed by atoms with Gasteiger partial charge in [0.2, 0.25) is 0 Å². The fourth-order valence-corrected chi connectivity index (χ4v) is 5.40. The molecular weight excluding hydrogens is 526 g/mol. The lowest BCUT2D eigenvalue weighted by atomic mass is 10.1. The lowest BCUT2D eigenvalue weighted by Crippen LogP contribution is -2.39. The highest BCUT2D eigenvalue weighted by molar-refractivity contribution is 7.22. The van der Waals surface area contributed by atoms with Crippen LogP contribution in [0.15, 0.2) is 47.0 Å². The Morgan fingerprint density at radius 2 is 2.00 bits per heavy atom. The van der Waals surface area contributed by atoms with Crippen molar-refractivity contribution in [3.63, 3.8) is 0 Å². The smallest absolute Gasteiger partial charge is 0.265 e. The number of aryl methyl sites for hydroxylation is 1. The van der Waals surface area contributed by atoms with Crippen LogP contribution in [0.1, 0.15) is 22.5 Å². The first kappa shape index (κ1) is 26.5. The maximum Gasteiger partial charge on any atom is 0.265 e.